The van der Waals surface area contributed by atoms with Gasteiger partial charge in [-0.25, -0.2) is 8.42 Å². The Labute approximate surface area is 101 Å². The van der Waals surface area contributed by atoms with E-state index in [1.165, 1.54) is 0 Å². The molecule has 1 aromatic carbocycles. The molecule has 2 nitrogen and oxygen atoms in total. The molecule has 1 aliphatic carbocycles. The van der Waals surface area contributed by atoms with Gasteiger partial charge < -0.3 is 0 Å². The van der Waals surface area contributed by atoms with Crippen LogP contribution in [0.1, 0.15) is 12.5 Å². The Morgan fingerprint density at radius 1 is 0.941 bits per heavy atom. The summed E-state index contributed by atoms with van der Waals surface area (Å²) < 4.78 is 24.4. The minimum atomic E-state index is -3.46. The first-order chi connectivity index (χ1) is 8.00. The highest BCUT2D eigenvalue weighted by Gasteiger charge is 2.18. The highest BCUT2D eigenvalue weighted by molar-refractivity contribution is 7.95. The molecule has 0 atom stereocenters. The zero-order valence-electron chi connectivity index (χ0n) is 9.69. The highest BCUT2D eigenvalue weighted by Crippen LogP contribution is 2.21. The molecule has 2 rings (SSSR count). The normalized spacial score (nSPS) is 14.5. The van der Waals surface area contributed by atoms with Crippen molar-refractivity contribution in [3.63, 3.8) is 0 Å². The predicted molar refractivity (Wildman–Crippen MR) is 67.2 cm³/mol. The molecule has 1 aliphatic rings. The lowest BCUT2D eigenvalue weighted by atomic mass is 10.2. The number of rotatable bonds is 2. The molecule has 0 aliphatic heterocycles. The van der Waals surface area contributed by atoms with Crippen molar-refractivity contribution in [3.8, 4) is 0 Å². The summed E-state index contributed by atoms with van der Waals surface area (Å²) in [5, 5.41) is 0. The Morgan fingerprint density at radius 2 is 1.59 bits per heavy atom. The summed E-state index contributed by atoms with van der Waals surface area (Å²) in [6, 6.07) is 6.78. The van der Waals surface area contributed by atoms with Crippen LogP contribution in [0, 0.1) is 6.92 Å². The Balaban J connectivity index is 2.57. The number of aryl methyl sites for hydroxylation is 1. The van der Waals surface area contributed by atoms with Crippen molar-refractivity contribution < 1.29 is 8.42 Å². The molecule has 0 bridgehead atoms. The quantitative estimate of drug-likeness (QED) is 0.750. The molecule has 0 spiro atoms. The van der Waals surface area contributed by atoms with Crippen LogP contribution >= 0.6 is 0 Å². The molecule has 0 aromatic heterocycles. The topological polar surface area (TPSA) is 34.1 Å². The van der Waals surface area contributed by atoms with Crippen LogP contribution in [0.5, 0.6) is 0 Å². The third-order valence-corrected chi connectivity index (χ3v) is 4.20. The van der Waals surface area contributed by atoms with Crippen LogP contribution < -0.4 is 0 Å². The van der Waals surface area contributed by atoms with Gasteiger partial charge in [0.25, 0.3) is 0 Å². The van der Waals surface area contributed by atoms with Crippen LogP contribution in [0.25, 0.3) is 0 Å². The van der Waals surface area contributed by atoms with Crippen molar-refractivity contribution in [2.75, 3.05) is 0 Å². The Bertz CT molecular complexity index is 676. The van der Waals surface area contributed by atoms with Crippen molar-refractivity contribution in [1.29, 1.82) is 0 Å². The van der Waals surface area contributed by atoms with Crippen LogP contribution in [0.15, 0.2) is 63.3 Å². The van der Waals surface area contributed by atoms with Gasteiger partial charge in [0, 0.05) is 0 Å². The molecular weight excluding hydrogens is 232 g/mol. The molecule has 0 saturated heterocycles. The Morgan fingerprint density at radius 3 is 2.12 bits per heavy atom. The fraction of sp³-hybridized carbons (Fsp3) is 0.143. The molecule has 0 saturated carbocycles. The first kappa shape index (κ1) is 11.7. The van der Waals surface area contributed by atoms with Crippen molar-refractivity contribution in [3.05, 3.63) is 63.9 Å². The van der Waals surface area contributed by atoms with Crippen LogP contribution in [-0.4, -0.2) is 8.42 Å². The molecule has 0 heterocycles. The summed E-state index contributed by atoms with van der Waals surface area (Å²) in [6.07, 6.45) is 3.28. The summed E-state index contributed by atoms with van der Waals surface area (Å²) >= 11 is 0. The highest BCUT2D eigenvalue weighted by atomic mass is 32.2. The maximum absolute atomic E-state index is 12.2. The molecule has 3 heteroatoms. The lowest BCUT2D eigenvalue weighted by Gasteiger charge is -2.04. The average Bonchev–Trinajstić information content (AvgIpc) is 2.30. The summed E-state index contributed by atoms with van der Waals surface area (Å²) in [4.78, 5) is 0.448. The second kappa shape index (κ2) is 4.23. The summed E-state index contributed by atoms with van der Waals surface area (Å²) in [5.74, 6) is 0. The maximum Gasteiger partial charge on any atom is 0.214 e. The molecule has 1 aromatic rings. The molecule has 0 N–H and O–H groups in total. The van der Waals surface area contributed by atoms with Gasteiger partial charge in [0.1, 0.15) is 4.91 Å². The van der Waals surface area contributed by atoms with E-state index in [0.29, 0.717) is 0 Å². The summed E-state index contributed by atoms with van der Waals surface area (Å²) in [7, 11) is -3.46. The zero-order chi connectivity index (χ0) is 12.5. The van der Waals surface area contributed by atoms with Crippen molar-refractivity contribution in [1.82, 2.24) is 0 Å². The molecule has 0 fully saturated rings. The number of benzene rings is 1. The fourth-order valence-electron chi connectivity index (χ4n) is 1.45. The first-order valence-corrected chi connectivity index (χ1v) is 6.71. The van der Waals surface area contributed by atoms with E-state index >= 15 is 0 Å². The van der Waals surface area contributed by atoms with Crippen LogP contribution in [0.2, 0.25) is 0 Å². The minimum Gasteiger partial charge on any atom is -0.218 e. The molecule has 0 unspecified atom stereocenters. The largest absolute Gasteiger partial charge is 0.218 e. The van der Waals surface area contributed by atoms with Gasteiger partial charge in [-0.05, 0) is 49.4 Å². The van der Waals surface area contributed by atoms with Crippen LogP contribution in [0.3, 0.4) is 0 Å². The third-order valence-electron chi connectivity index (χ3n) is 2.49. The second-order valence-electron chi connectivity index (χ2n) is 3.95. The van der Waals surface area contributed by atoms with Gasteiger partial charge in [-0.2, -0.15) is 0 Å². The lowest BCUT2D eigenvalue weighted by molar-refractivity contribution is 0.603. The number of sulfone groups is 1. The second-order valence-corrected chi connectivity index (χ2v) is 5.87. The Kier molecular flexibility index (Phi) is 2.91. The summed E-state index contributed by atoms with van der Waals surface area (Å²) in [5.41, 5.74) is 7.36. The number of hydrogen-bond acceptors (Lipinski definition) is 2. The molecule has 86 valence electrons. The molecular formula is C14H12O2S. The third kappa shape index (κ3) is 2.32. The SMILES string of the molecule is CC1=C=C=C(S(=O)(=O)c2ccc(C)cc2)C=C1. The van der Waals surface area contributed by atoms with Crippen molar-refractivity contribution >= 4 is 9.84 Å². The maximum atomic E-state index is 12.2. The zero-order valence-corrected chi connectivity index (χ0v) is 10.5. The van der Waals surface area contributed by atoms with Crippen molar-refractivity contribution in [2.24, 2.45) is 0 Å². The molecule has 0 amide bonds. The van der Waals surface area contributed by atoms with E-state index in [9.17, 15) is 8.42 Å². The molecule has 17 heavy (non-hydrogen) atoms. The summed E-state index contributed by atoms with van der Waals surface area (Å²) in [6.45, 7) is 3.76. The van der Waals surface area contributed by atoms with Crippen LogP contribution in [0.4, 0.5) is 0 Å². The van der Waals surface area contributed by atoms with E-state index < -0.39 is 9.84 Å². The molecule has 0 radical (unpaired) electrons. The van der Waals surface area contributed by atoms with E-state index in [0.717, 1.165) is 11.1 Å². The van der Waals surface area contributed by atoms with E-state index in [-0.39, 0.29) is 9.80 Å². The van der Waals surface area contributed by atoms with E-state index in [2.05, 4.69) is 11.5 Å². The van der Waals surface area contributed by atoms with E-state index in [4.69, 9.17) is 0 Å². The standard InChI is InChI=1S/C14H12O2S/c1-11-3-7-13(8-4-11)17(15,16)14-9-5-12(2)6-10-14/h3-5,7-9H,1-2H3. The fourth-order valence-corrected chi connectivity index (χ4v) is 2.63. The Hall–Kier alpha value is -1.79. The lowest BCUT2D eigenvalue weighted by Crippen LogP contribution is -2.03. The van der Waals surface area contributed by atoms with Crippen LogP contribution in [-0.2, 0) is 9.84 Å². The minimum absolute atomic E-state index is 0.159. The van der Waals surface area contributed by atoms with Gasteiger partial charge in [0.15, 0.2) is 0 Å². The van der Waals surface area contributed by atoms with Gasteiger partial charge in [-0.3, -0.25) is 0 Å². The van der Waals surface area contributed by atoms with E-state index in [1.807, 2.05) is 13.8 Å². The monoisotopic (exact) mass is 244 g/mol. The number of allylic oxidation sites excluding steroid dienone is 3. The van der Waals surface area contributed by atoms with Gasteiger partial charge >= 0.3 is 0 Å². The van der Waals surface area contributed by atoms with E-state index in [1.54, 1.807) is 36.4 Å². The smallest absolute Gasteiger partial charge is 0.214 e. The predicted octanol–water partition coefficient (Wildman–Crippen LogP) is 2.92. The number of hydrogen-bond donors (Lipinski definition) is 0. The first-order valence-electron chi connectivity index (χ1n) is 5.22. The van der Waals surface area contributed by atoms with Gasteiger partial charge in [-0.1, -0.05) is 23.4 Å². The van der Waals surface area contributed by atoms with Crippen molar-refractivity contribution in [2.45, 2.75) is 18.7 Å². The van der Waals surface area contributed by atoms with Gasteiger partial charge in [-0.15, -0.1) is 0 Å². The average molecular weight is 244 g/mol. The van der Waals surface area contributed by atoms with Gasteiger partial charge in [0.2, 0.25) is 9.84 Å². The van der Waals surface area contributed by atoms with Gasteiger partial charge in [0.05, 0.1) is 4.90 Å².